The van der Waals surface area contributed by atoms with Gasteiger partial charge in [-0.15, -0.1) is 17.5 Å². The number of guanidine groups is 1. The van der Waals surface area contributed by atoms with Crippen LogP contribution in [0.4, 0.5) is 0 Å². The zero-order chi connectivity index (χ0) is 19.5. The smallest absolute Gasteiger partial charge is 0.185 e. The van der Waals surface area contributed by atoms with Crippen molar-refractivity contribution >= 4 is 18.4 Å². The molecule has 0 radical (unpaired) electrons. The molecule has 0 unspecified atom stereocenters. The lowest BCUT2D eigenvalue weighted by Gasteiger charge is -2.26. The Bertz CT molecular complexity index is 744. The third kappa shape index (κ3) is 6.54. The van der Waals surface area contributed by atoms with Gasteiger partial charge in [0.2, 0.25) is 0 Å². The summed E-state index contributed by atoms with van der Waals surface area (Å²) in [5, 5.41) is 8.62. The lowest BCUT2D eigenvalue weighted by atomic mass is 9.80. The van der Waals surface area contributed by atoms with Crippen molar-refractivity contribution in [2.24, 2.45) is 16.5 Å². The predicted octanol–water partition coefficient (Wildman–Crippen LogP) is 3.49. The lowest BCUT2D eigenvalue weighted by Crippen LogP contribution is -2.23. The van der Waals surface area contributed by atoms with Crippen molar-refractivity contribution in [1.82, 2.24) is 15.0 Å². The van der Waals surface area contributed by atoms with Crippen molar-refractivity contribution in [3.63, 3.8) is 0 Å². The maximum Gasteiger partial charge on any atom is 0.185 e. The molecular formula is C20H33ClN6. The average molecular weight is 393 g/mol. The zero-order valence-electron chi connectivity index (χ0n) is 17.3. The fourth-order valence-corrected chi connectivity index (χ4v) is 2.62. The monoisotopic (exact) mass is 392 g/mol. The van der Waals surface area contributed by atoms with E-state index >= 15 is 0 Å². The van der Waals surface area contributed by atoms with Gasteiger partial charge in [-0.05, 0) is 46.9 Å². The molecule has 0 aliphatic carbocycles. The van der Waals surface area contributed by atoms with Crippen molar-refractivity contribution in [3.05, 3.63) is 41.2 Å². The maximum absolute atomic E-state index is 5.35. The summed E-state index contributed by atoms with van der Waals surface area (Å²) < 4.78 is 1.86. The van der Waals surface area contributed by atoms with Crippen LogP contribution in [0.25, 0.3) is 5.69 Å². The number of benzene rings is 1. The molecule has 1 aromatic heterocycles. The largest absolute Gasteiger partial charge is 0.370 e. The van der Waals surface area contributed by atoms with Gasteiger partial charge in [0, 0.05) is 6.54 Å². The van der Waals surface area contributed by atoms with E-state index in [1.54, 1.807) is 0 Å². The summed E-state index contributed by atoms with van der Waals surface area (Å²) in [6.07, 6.45) is 3.62. The Morgan fingerprint density at radius 1 is 1.00 bits per heavy atom. The highest BCUT2D eigenvalue weighted by atomic mass is 35.5. The Kier molecular flexibility index (Phi) is 7.43. The van der Waals surface area contributed by atoms with E-state index in [-0.39, 0.29) is 29.2 Å². The Hall–Kier alpha value is -2.08. The molecule has 0 aliphatic rings. The summed E-state index contributed by atoms with van der Waals surface area (Å²) in [4.78, 5) is 4.00. The summed E-state index contributed by atoms with van der Waals surface area (Å²) in [5.74, 6) is 0.127. The number of rotatable bonds is 5. The van der Waals surface area contributed by atoms with Gasteiger partial charge in [-0.3, -0.25) is 4.99 Å². The SMILES string of the molecule is CC(C)(C)c1cc(-n2cc(CCCN=C(N)N)nn2)cc(C(C)(C)C)c1.Cl. The van der Waals surface area contributed by atoms with Gasteiger partial charge in [-0.1, -0.05) is 52.8 Å². The van der Waals surface area contributed by atoms with Gasteiger partial charge in [0.25, 0.3) is 0 Å². The minimum atomic E-state index is 0. The summed E-state index contributed by atoms with van der Waals surface area (Å²) in [6, 6.07) is 6.71. The first kappa shape index (κ1) is 23.0. The highest BCUT2D eigenvalue weighted by Crippen LogP contribution is 2.31. The molecule has 1 heterocycles. The van der Waals surface area contributed by atoms with Crippen molar-refractivity contribution in [3.8, 4) is 5.69 Å². The molecule has 0 saturated carbocycles. The van der Waals surface area contributed by atoms with Crippen molar-refractivity contribution in [2.45, 2.75) is 65.2 Å². The number of halogens is 1. The summed E-state index contributed by atoms with van der Waals surface area (Å²) in [7, 11) is 0. The standard InChI is InChI=1S/C20H32N6.ClH/c1-19(2,3)14-10-15(20(4,5)6)12-17(11-14)26-13-16(24-25-26)8-7-9-23-18(21)22;/h10-13H,7-9H2,1-6H3,(H4,21,22,23);1H. The fourth-order valence-electron chi connectivity index (χ4n) is 2.62. The summed E-state index contributed by atoms with van der Waals surface area (Å²) >= 11 is 0. The van der Waals surface area contributed by atoms with Crippen molar-refractivity contribution < 1.29 is 0 Å². The lowest BCUT2D eigenvalue weighted by molar-refractivity contribution is 0.566. The maximum atomic E-state index is 5.35. The van der Waals surface area contributed by atoms with Crippen LogP contribution < -0.4 is 11.5 Å². The number of nitrogens with two attached hydrogens (primary N) is 2. The van der Waals surface area contributed by atoms with Gasteiger partial charge < -0.3 is 11.5 Å². The molecule has 0 saturated heterocycles. The molecule has 150 valence electrons. The van der Waals surface area contributed by atoms with Gasteiger partial charge in [-0.25, -0.2) is 4.68 Å². The molecule has 0 aliphatic heterocycles. The van der Waals surface area contributed by atoms with E-state index < -0.39 is 0 Å². The first-order chi connectivity index (χ1) is 12.0. The summed E-state index contributed by atoms with van der Waals surface area (Å²) in [6.45, 7) is 14.0. The minimum absolute atomic E-state index is 0. The third-order valence-electron chi connectivity index (χ3n) is 4.34. The molecule has 7 heteroatoms. The molecule has 0 fully saturated rings. The van der Waals surface area contributed by atoms with Crippen molar-refractivity contribution in [1.29, 1.82) is 0 Å². The second-order valence-corrected chi connectivity index (χ2v) is 8.83. The number of hydrogen-bond donors (Lipinski definition) is 2. The van der Waals surface area contributed by atoms with Crippen LogP contribution in [-0.2, 0) is 17.3 Å². The van der Waals surface area contributed by atoms with Crippen LogP contribution in [0, 0.1) is 0 Å². The Morgan fingerprint density at radius 3 is 2.04 bits per heavy atom. The van der Waals surface area contributed by atoms with Crippen molar-refractivity contribution in [2.75, 3.05) is 6.54 Å². The van der Waals surface area contributed by atoms with Crippen LogP contribution in [0.1, 0.15) is 64.8 Å². The quantitative estimate of drug-likeness (QED) is 0.462. The topological polar surface area (TPSA) is 95.1 Å². The molecule has 2 rings (SSSR count). The normalized spacial score (nSPS) is 11.8. The van der Waals surface area contributed by atoms with Gasteiger partial charge in [0.1, 0.15) is 0 Å². The van der Waals surface area contributed by atoms with E-state index in [2.05, 4.69) is 75.0 Å². The van der Waals surface area contributed by atoms with E-state index in [1.807, 2.05) is 10.9 Å². The number of nitrogens with zero attached hydrogens (tertiary/aromatic N) is 4. The molecule has 0 atom stereocenters. The van der Waals surface area contributed by atoms with E-state index in [9.17, 15) is 0 Å². The van der Waals surface area contributed by atoms with E-state index in [0.717, 1.165) is 24.2 Å². The molecule has 2 aromatic rings. The van der Waals surface area contributed by atoms with E-state index in [4.69, 9.17) is 11.5 Å². The second-order valence-electron chi connectivity index (χ2n) is 8.83. The molecule has 0 spiro atoms. The van der Waals surface area contributed by atoms with Gasteiger partial charge in [-0.2, -0.15) is 0 Å². The molecule has 0 bridgehead atoms. The first-order valence-corrected chi connectivity index (χ1v) is 9.10. The predicted molar refractivity (Wildman–Crippen MR) is 115 cm³/mol. The van der Waals surface area contributed by atoms with E-state index in [1.165, 1.54) is 11.1 Å². The van der Waals surface area contributed by atoms with Gasteiger partial charge >= 0.3 is 0 Å². The number of aliphatic imine (C=N–C) groups is 1. The second kappa shape index (κ2) is 8.74. The number of aromatic nitrogens is 3. The van der Waals surface area contributed by atoms with Gasteiger partial charge in [0.05, 0.1) is 17.6 Å². The minimum Gasteiger partial charge on any atom is -0.370 e. The highest BCUT2D eigenvalue weighted by Gasteiger charge is 2.21. The van der Waals surface area contributed by atoms with E-state index in [0.29, 0.717) is 6.54 Å². The molecular weight excluding hydrogens is 360 g/mol. The van der Waals surface area contributed by atoms with Crippen LogP contribution in [0.3, 0.4) is 0 Å². The molecule has 1 aromatic carbocycles. The molecule has 27 heavy (non-hydrogen) atoms. The fraction of sp³-hybridized carbons (Fsp3) is 0.550. The number of hydrogen-bond acceptors (Lipinski definition) is 3. The average Bonchev–Trinajstić information content (AvgIpc) is 2.98. The van der Waals surface area contributed by atoms with Crippen LogP contribution in [0.15, 0.2) is 29.4 Å². The molecule has 0 amide bonds. The highest BCUT2D eigenvalue weighted by molar-refractivity contribution is 5.85. The Labute approximate surface area is 168 Å². The number of aryl methyl sites for hydroxylation is 1. The zero-order valence-corrected chi connectivity index (χ0v) is 18.1. The molecule has 4 N–H and O–H groups in total. The van der Waals surface area contributed by atoms with Crippen LogP contribution >= 0.6 is 12.4 Å². The van der Waals surface area contributed by atoms with Gasteiger partial charge in [0.15, 0.2) is 5.96 Å². The van der Waals surface area contributed by atoms with Crippen LogP contribution in [-0.4, -0.2) is 27.5 Å². The Morgan fingerprint density at radius 2 is 1.56 bits per heavy atom. The molecule has 6 nitrogen and oxygen atoms in total. The van der Waals surface area contributed by atoms with Crippen LogP contribution in [0.2, 0.25) is 0 Å². The Balaban J connectivity index is 0.00000364. The summed E-state index contributed by atoms with van der Waals surface area (Å²) in [5.41, 5.74) is 15.4. The first-order valence-electron chi connectivity index (χ1n) is 9.10. The van der Waals surface area contributed by atoms with Crippen LogP contribution in [0.5, 0.6) is 0 Å². The third-order valence-corrected chi connectivity index (χ3v) is 4.34.